The molecule has 6 heteroatoms. The average Bonchev–Trinajstić information content (AvgIpc) is 2.33. The fourth-order valence-electron chi connectivity index (χ4n) is 1.56. The zero-order chi connectivity index (χ0) is 14.0. The first-order valence-electron chi connectivity index (χ1n) is 5.25. The Kier molecular flexibility index (Phi) is 4.40. The quantitative estimate of drug-likeness (QED) is 0.774. The molecule has 2 nitrogen and oxygen atoms in total. The summed E-state index contributed by atoms with van der Waals surface area (Å²) in [5.41, 5.74) is 0.260. The minimum absolute atomic E-state index is 0.0606. The number of carbonyl (C=O) groups excluding carboxylic acids is 1. The van der Waals surface area contributed by atoms with Crippen LogP contribution in [0.5, 0.6) is 0 Å². The van der Waals surface area contributed by atoms with Crippen LogP contribution in [0.4, 0.5) is 4.39 Å². The molecule has 0 amide bonds. The molecule has 98 valence electrons. The van der Waals surface area contributed by atoms with E-state index in [1.165, 1.54) is 30.5 Å². The van der Waals surface area contributed by atoms with Gasteiger partial charge in [0.2, 0.25) is 0 Å². The Morgan fingerprint density at radius 2 is 1.89 bits per heavy atom. The van der Waals surface area contributed by atoms with E-state index in [9.17, 15) is 9.18 Å². The number of ketones is 1. The van der Waals surface area contributed by atoms with Gasteiger partial charge in [-0.2, -0.15) is 0 Å². The van der Waals surface area contributed by atoms with Crippen molar-refractivity contribution in [3.63, 3.8) is 0 Å². The Labute approximate surface area is 124 Å². The third kappa shape index (κ3) is 3.44. The molecule has 0 N–H and O–H groups in total. The predicted octanol–water partition coefficient (Wildman–Crippen LogP) is 4.61. The zero-order valence-electron chi connectivity index (χ0n) is 9.46. The lowest BCUT2D eigenvalue weighted by atomic mass is 10.1. The first kappa shape index (κ1) is 14.3. The number of benzene rings is 1. The number of pyridine rings is 1. The third-order valence-corrected chi connectivity index (χ3v) is 3.16. The van der Waals surface area contributed by atoms with Crippen LogP contribution >= 0.6 is 34.8 Å². The van der Waals surface area contributed by atoms with Gasteiger partial charge < -0.3 is 0 Å². The van der Waals surface area contributed by atoms with Crippen molar-refractivity contribution < 1.29 is 9.18 Å². The van der Waals surface area contributed by atoms with E-state index < -0.39 is 11.6 Å². The van der Waals surface area contributed by atoms with Gasteiger partial charge >= 0.3 is 0 Å². The molecule has 0 saturated heterocycles. The van der Waals surface area contributed by atoms with Crippen LogP contribution in [-0.2, 0) is 6.42 Å². The number of hydrogen-bond donors (Lipinski definition) is 0. The van der Waals surface area contributed by atoms with Crippen LogP contribution in [0.2, 0.25) is 15.1 Å². The molecule has 1 heterocycles. The van der Waals surface area contributed by atoms with Crippen molar-refractivity contribution >= 4 is 40.6 Å². The van der Waals surface area contributed by atoms with Crippen molar-refractivity contribution in [3.05, 3.63) is 62.6 Å². The van der Waals surface area contributed by atoms with Crippen LogP contribution < -0.4 is 0 Å². The van der Waals surface area contributed by atoms with Crippen molar-refractivity contribution in [2.45, 2.75) is 6.42 Å². The van der Waals surface area contributed by atoms with Gasteiger partial charge in [0, 0.05) is 17.6 Å². The standard InChI is InChI=1S/C13H7Cl3FNO/c14-8-1-2-11(17)7(3-8)4-12(19)13-10(16)5-9(15)6-18-13/h1-3,5-6H,4H2. The molecule has 1 aromatic carbocycles. The summed E-state index contributed by atoms with van der Waals surface area (Å²) in [6.07, 6.45) is 1.15. The van der Waals surface area contributed by atoms with Crippen molar-refractivity contribution in [2.75, 3.05) is 0 Å². The highest BCUT2D eigenvalue weighted by molar-refractivity contribution is 6.36. The van der Waals surface area contributed by atoms with Gasteiger partial charge in [-0.15, -0.1) is 0 Å². The predicted molar refractivity (Wildman–Crippen MR) is 73.7 cm³/mol. The molecule has 0 bridgehead atoms. The van der Waals surface area contributed by atoms with E-state index in [1.807, 2.05) is 0 Å². The summed E-state index contributed by atoms with van der Waals surface area (Å²) < 4.78 is 13.5. The molecule has 0 spiro atoms. The molecule has 0 aliphatic carbocycles. The first-order valence-corrected chi connectivity index (χ1v) is 6.39. The molecule has 0 fully saturated rings. The van der Waals surface area contributed by atoms with Crippen molar-refractivity contribution in [1.82, 2.24) is 4.98 Å². The van der Waals surface area contributed by atoms with Crippen molar-refractivity contribution in [1.29, 1.82) is 0 Å². The van der Waals surface area contributed by atoms with Crippen LogP contribution in [0.15, 0.2) is 30.5 Å². The molecule has 0 aliphatic rings. The van der Waals surface area contributed by atoms with Gasteiger partial charge in [-0.25, -0.2) is 9.37 Å². The molecule has 1 aromatic heterocycles. The van der Waals surface area contributed by atoms with Crippen LogP contribution in [-0.4, -0.2) is 10.8 Å². The summed E-state index contributed by atoms with van der Waals surface area (Å²) in [6, 6.07) is 5.44. The SMILES string of the molecule is O=C(Cc1cc(Cl)ccc1F)c1ncc(Cl)cc1Cl. The van der Waals surface area contributed by atoms with Crippen molar-refractivity contribution in [3.8, 4) is 0 Å². The maximum absolute atomic E-state index is 13.5. The number of aromatic nitrogens is 1. The lowest BCUT2D eigenvalue weighted by Crippen LogP contribution is -2.08. The van der Waals surface area contributed by atoms with E-state index in [0.29, 0.717) is 10.0 Å². The van der Waals surface area contributed by atoms with Gasteiger partial charge in [0.1, 0.15) is 11.5 Å². The lowest BCUT2D eigenvalue weighted by Gasteiger charge is -2.05. The summed E-state index contributed by atoms with van der Waals surface area (Å²) >= 11 is 17.3. The normalized spacial score (nSPS) is 10.5. The van der Waals surface area contributed by atoms with E-state index in [1.54, 1.807) is 0 Å². The largest absolute Gasteiger partial charge is 0.292 e. The van der Waals surface area contributed by atoms with E-state index in [-0.39, 0.29) is 22.7 Å². The third-order valence-electron chi connectivity index (χ3n) is 2.43. The molecule has 0 aliphatic heterocycles. The monoisotopic (exact) mass is 317 g/mol. The van der Waals surface area contributed by atoms with Crippen LogP contribution in [0.3, 0.4) is 0 Å². The molecule has 2 aromatic rings. The second-order valence-corrected chi connectivity index (χ2v) is 5.10. The molecular formula is C13H7Cl3FNO. The summed E-state index contributed by atoms with van der Waals surface area (Å²) in [5, 5.41) is 0.829. The van der Waals surface area contributed by atoms with E-state index >= 15 is 0 Å². The smallest absolute Gasteiger partial charge is 0.187 e. The number of Topliss-reactive ketones (excluding diaryl/α,β-unsaturated/α-hetero) is 1. The average molecular weight is 319 g/mol. The maximum Gasteiger partial charge on any atom is 0.187 e. The number of nitrogens with zero attached hydrogens (tertiary/aromatic N) is 1. The Balaban J connectivity index is 2.28. The van der Waals surface area contributed by atoms with E-state index in [0.717, 1.165) is 0 Å². The van der Waals surface area contributed by atoms with Gasteiger partial charge in [0.05, 0.1) is 10.0 Å². The van der Waals surface area contributed by atoms with Gasteiger partial charge in [0.25, 0.3) is 0 Å². The Morgan fingerprint density at radius 1 is 1.16 bits per heavy atom. The van der Waals surface area contributed by atoms with Gasteiger partial charge in [-0.1, -0.05) is 34.8 Å². The fraction of sp³-hybridized carbons (Fsp3) is 0.0769. The van der Waals surface area contributed by atoms with Gasteiger partial charge in [-0.05, 0) is 29.8 Å². The minimum atomic E-state index is -0.497. The van der Waals surface area contributed by atoms with E-state index in [2.05, 4.69) is 4.98 Å². The van der Waals surface area contributed by atoms with Gasteiger partial charge in [0.15, 0.2) is 5.78 Å². The molecule has 0 saturated carbocycles. The Morgan fingerprint density at radius 3 is 2.58 bits per heavy atom. The summed E-state index contributed by atoms with van der Waals surface area (Å²) in [4.78, 5) is 15.9. The maximum atomic E-state index is 13.5. The fourth-order valence-corrected chi connectivity index (χ4v) is 2.24. The minimum Gasteiger partial charge on any atom is -0.292 e. The Hall–Kier alpha value is -1.16. The van der Waals surface area contributed by atoms with Crippen LogP contribution in [0, 0.1) is 5.82 Å². The summed E-state index contributed by atoms with van der Waals surface area (Å²) in [6.45, 7) is 0. The zero-order valence-corrected chi connectivity index (χ0v) is 11.7. The number of carbonyl (C=O) groups is 1. The second-order valence-electron chi connectivity index (χ2n) is 3.82. The first-order chi connectivity index (χ1) is 8.97. The molecule has 0 unspecified atom stereocenters. The molecule has 19 heavy (non-hydrogen) atoms. The summed E-state index contributed by atoms with van der Waals surface area (Å²) in [7, 11) is 0. The number of halogens is 4. The highest BCUT2D eigenvalue weighted by Gasteiger charge is 2.15. The van der Waals surface area contributed by atoms with E-state index in [4.69, 9.17) is 34.8 Å². The summed E-state index contributed by atoms with van der Waals surface area (Å²) in [5.74, 6) is -0.898. The van der Waals surface area contributed by atoms with Crippen LogP contribution in [0.25, 0.3) is 0 Å². The molecular weight excluding hydrogens is 312 g/mol. The second kappa shape index (κ2) is 5.87. The van der Waals surface area contributed by atoms with Crippen molar-refractivity contribution in [2.24, 2.45) is 0 Å². The Bertz CT molecular complexity index is 646. The highest BCUT2D eigenvalue weighted by Crippen LogP contribution is 2.21. The topological polar surface area (TPSA) is 30.0 Å². The van der Waals surface area contributed by atoms with Gasteiger partial charge in [-0.3, -0.25) is 4.79 Å². The highest BCUT2D eigenvalue weighted by atomic mass is 35.5. The number of rotatable bonds is 3. The van der Waals surface area contributed by atoms with Crippen LogP contribution in [0.1, 0.15) is 16.1 Å². The molecule has 0 radical (unpaired) electrons. The molecule has 0 atom stereocenters. The molecule has 2 rings (SSSR count). The number of hydrogen-bond acceptors (Lipinski definition) is 2. The lowest BCUT2D eigenvalue weighted by molar-refractivity contribution is 0.0987.